The molecule has 3 rings (SSSR count). The lowest BCUT2D eigenvalue weighted by molar-refractivity contribution is -0.141. The summed E-state index contributed by atoms with van der Waals surface area (Å²) in [6.07, 6.45) is 1.35. The molecule has 1 aromatic carbocycles. The Hall–Kier alpha value is -2.17. The normalized spacial score (nSPS) is 31.7. The summed E-state index contributed by atoms with van der Waals surface area (Å²) in [6.45, 7) is 0. The second-order valence-electron chi connectivity index (χ2n) is 5.34. The molecule has 0 bridgehead atoms. The fourth-order valence-electron chi connectivity index (χ4n) is 3.49. The van der Waals surface area contributed by atoms with E-state index in [4.69, 9.17) is 4.74 Å². The average Bonchev–Trinajstić information content (AvgIpc) is 2.94. The molecule has 1 aromatic rings. The van der Waals surface area contributed by atoms with Gasteiger partial charge < -0.3 is 14.6 Å². The van der Waals surface area contributed by atoms with Gasteiger partial charge in [-0.3, -0.25) is 4.79 Å². The first-order valence-corrected chi connectivity index (χ1v) is 6.59. The number of hydrogen-bond donors (Lipinski definition) is 1. The van der Waals surface area contributed by atoms with Gasteiger partial charge in [0.2, 0.25) is 0 Å². The van der Waals surface area contributed by atoms with Crippen molar-refractivity contribution < 1.29 is 24.2 Å². The smallest absolute Gasteiger partial charge is 0.335 e. The second-order valence-corrected chi connectivity index (χ2v) is 5.34. The summed E-state index contributed by atoms with van der Waals surface area (Å²) in [7, 11) is 0. The number of benzene rings is 1. The van der Waals surface area contributed by atoms with Crippen LogP contribution in [0.25, 0.3) is 0 Å². The second kappa shape index (κ2) is 4.74. The standard InChI is InChI=1S/C15H14O5/c16-7-12-10(5-13-11(12)6-14(17)20-13)8-3-1-2-4-9(8)15(18)19/h1-4,7,10-13H,5-6H2,(H,18,19)/t10-,11+,12+,13-/m0/s1. The van der Waals surface area contributed by atoms with Gasteiger partial charge in [0.1, 0.15) is 12.4 Å². The van der Waals surface area contributed by atoms with Crippen molar-refractivity contribution >= 4 is 18.2 Å². The van der Waals surface area contributed by atoms with Crippen molar-refractivity contribution in [3.05, 3.63) is 35.4 Å². The molecule has 4 atom stereocenters. The minimum absolute atomic E-state index is 0.119. The molecule has 1 saturated heterocycles. The predicted octanol–water partition coefficient (Wildman–Crippen LogP) is 1.62. The van der Waals surface area contributed by atoms with Crippen LogP contribution >= 0.6 is 0 Å². The molecule has 1 aliphatic heterocycles. The molecule has 0 unspecified atom stereocenters. The predicted molar refractivity (Wildman–Crippen MR) is 68.3 cm³/mol. The van der Waals surface area contributed by atoms with Gasteiger partial charge in [0, 0.05) is 11.8 Å². The van der Waals surface area contributed by atoms with Gasteiger partial charge >= 0.3 is 11.9 Å². The minimum atomic E-state index is -1.00. The fourth-order valence-corrected chi connectivity index (χ4v) is 3.49. The zero-order valence-electron chi connectivity index (χ0n) is 10.7. The van der Waals surface area contributed by atoms with Crippen LogP contribution in [0.4, 0.5) is 0 Å². The molecule has 1 N–H and O–H groups in total. The molecular weight excluding hydrogens is 260 g/mol. The molecule has 5 nitrogen and oxygen atoms in total. The summed E-state index contributed by atoms with van der Waals surface area (Å²) < 4.78 is 5.22. The summed E-state index contributed by atoms with van der Waals surface area (Å²) in [4.78, 5) is 34.0. The topological polar surface area (TPSA) is 80.7 Å². The molecule has 0 amide bonds. The van der Waals surface area contributed by atoms with Gasteiger partial charge in [0.15, 0.2) is 0 Å². The first kappa shape index (κ1) is 12.8. The maximum atomic E-state index is 11.4. The Bertz CT molecular complexity index is 579. The van der Waals surface area contributed by atoms with Gasteiger partial charge in [0.25, 0.3) is 0 Å². The van der Waals surface area contributed by atoms with Gasteiger partial charge in [-0.1, -0.05) is 18.2 Å². The molecule has 5 heteroatoms. The van der Waals surface area contributed by atoms with Crippen molar-refractivity contribution in [3.63, 3.8) is 0 Å². The van der Waals surface area contributed by atoms with Gasteiger partial charge in [0.05, 0.1) is 12.0 Å². The van der Waals surface area contributed by atoms with Crippen LogP contribution in [-0.2, 0) is 14.3 Å². The zero-order chi connectivity index (χ0) is 14.3. The van der Waals surface area contributed by atoms with Crippen LogP contribution in [0.5, 0.6) is 0 Å². The highest BCUT2D eigenvalue weighted by molar-refractivity contribution is 5.90. The van der Waals surface area contributed by atoms with E-state index < -0.39 is 5.97 Å². The molecule has 1 heterocycles. The van der Waals surface area contributed by atoms with Crippen LogP contribution < -0.4 is 0 Å². The summed E-state index contributed by atoms with van der Waals surface area (Å²) in [6, 6.07) is 6.72. The Kier molecular flexibility index (Phi) is 3.04. The first-order valence-electron chi connectivity index (χ1n) is 6.59. The number of carboxylic acids is 1. The van der Waals surface area contributed by atoms with Crippen molar-refractivity contribution in [1.82, 2.24) is 0 Å². The van der Waals surface area contributed by atoms with E-state index in [0.717, 1.165) is 6.29 Å². The molecule has 2 fully saturated rings. The summed E-state index contributed by atoms with van der Waals surface area (Å²) in [5, 5.41) is 9.26. The minimum Gasteiger partial charge on any atom is -0.478 e. The van der Waals surface area contributed by atoms with Gasteiger partial charge in [-0.15, -0.1) is 0 Å². The van der Waals surface area contributed by atoms with E-state index in [1.165, 1.54) is 0 Å². The van der Waals surface area contributed by atoms with E-state index in [0.29, 0.717) is 12.0 Å². The molecule has 1 saturated carbocycles. The van der Waals surface area contributed by atoms with Crippen LogP contribution in [0.15, 0.2) is 24.3 Å². The Morgan fingerprint density at radius 2 is 2.10 bits per heavy atom. The fraction of sp³-hybridized carbons (Fsp3) is 0.400. The van der Waals surface area contributed by atoms with E-state index in [1.54, 1.807) is 24.3 Å². The van der Waals surface area contributed by atoms with Gasteiger partial charge in [-0.2, -0.15) is 0 Å². The van der Waals surface area contributed by atoms with Crippen LogP contribution in [0.3, 0.4) is 0 Å². The van der Waals surface area contributed by atoms with Crippen LogP contribution in [0, 0.1) is 11.8 Å². The maximum Gasteiger partial charge on any atom is 0.335 e. The largest absolute Gasteiger partial charge is 0.478 e. The van der Waals surface area contributed by atoms with Crippen LogP contribution in [0.1, 0.15) is 34.7 Å². The summed E-state index contributed by atoms with van der Waals surface area (Å²) >= 11 is 0. The monoisotopic (exact) mass is 274 g/mol. The molecule has 0 aromatic heterocycles. The Morgan fingerprint density at radius 1 is 1.35 bits per heavy atom. The lowest BCUT2D eigenvalue weighted by atomic mass is 9.83. The maximum absolute atomic E-state index is 11.4. The molecule has 1 aliphatic carbocycles. The highest BCUT2D eigenvalue weighted by Crippen LogP contribution is 2.49. The number of hydrogen-bond acceptors (Lipinski definition) is 4. The summed E-state index contributed by atoms with van der Waals surface area (Å²) in [5.41, 5.74) is 0.873. The first-order chi connectivity index (χ1) is 9.61. The Balaban J connectivity index is 1.97. The third-order valence-corrected chi connectivity index (χ3v) is 4.36. The number of carbonyl (C=O) groups excluding carboxylic acids is 2. The third kappa shape index (κ3) is 1.90. The third-order valence-electron chi connectivity index (χ3n) is 4.36. The molecule has 20 heavy (non-hydrogen) atoms. The number of rotatable bonds is 3. The number of ether oxygens (including phenoxy) is 1. The highest BCUT2D eigenvalue weighted by atomic mass is 16.6. The number of carbonyl (C=O) groups is 3. The van der Waals surface area contributed by atoms with E-state index in [9.17, 15) is 19.5 Å². The molecular formula is C15H14O5. The lowest BCUT2D eigenvalue weighted by Crippen LogP contribution is -2.18. The zero-order valence-corrected chi connectivity index (χ0v) is 10.7. The molecule has 0 radical (unpaired) electrons. The Labute approximate surface area is 115 Å². The lowest BCUT2D eigenvalue weighted by Gasteiger charge is -2.19. The number of esters is 1. The Morgan fingerprint density at radius 3 is 2.80 bits per heavy atom. The quantitative estimate of drug-likeness (QED) is 0.669. The number of carboxylic acid groups (broad SMARTS) is 1. The molecule has 104 valence electrons. The molecule has 0 spiro atoms. The summed E-state index contributed by atoms with van der Waals surface area (Å²) in [5.74, 6) is -1.93. The number of fused-ring (bicyclic) bond motifs is 1. The van der Waals surface area contributed by atoms with Crippen molar-refractivity contribution in [2.24, 2.45) is 11.8 Å². The van der Waals surface area contributed by atoms with E-state index in [1.807, 2.05) is 0 Å². The average molecular weight is 274 g/mol. The van der Waals surface area contributed by atoms with Crippen molar-refractivity contribution in [2.75, 3.05) is 0 Å². The van der Waals surface area contributed by atoms with E-state index in [2.05, 4.69) is 0 Å². The van der Waals surface area contributed by atoms with E-state index >= 15 is 0 Å². The van der Waals surface area contributed by atoms with Crippen molar-refractivity contribution in [3.8, 4) is 0 Å². The highest BCUT2D eigenvalue weighted by Gasteiger charge is 2.50. The van der Waals surface area contributed by atoms with Crippen LogP contribution in [0.2, 0.25) is 0 Å². The number of aldehydes is 1. The molecule has 2 aliphatic rings. The van der Waals surface area contributed by atoms with Gasteiger partial charge in [-0.05, 0) is 24.0 Å². The number of aromatic carboxylic acids is 1. The van der Waals surface area contributed by atoms with Crippen LogP contribution in [-0.4, -0.2) is 29.4 Å². The van der Waals surface area contributed by atoms with Crippen molar-refractivity contribution in [2.45, 2.75) is 24.9 Å². The van der Waals surface area contributed by atoms with E-state index in [-0.39, 0.29) is 41.8 Å². The van der Waals surface area contributed by atoms with Crippen molar-refractivity contribution in [1.29, 1.82) is 0 Å². The van der Waals surface area contributed by atoms with Gasteiger partial charge in [-0.25, -0.2) is 4.79 Å². The SMILES string of the molecule is O=C[C@H]1[C@H]2CC(=O)O[C@H]2C[C@H]1c1ccccc1C(=O)O.